The van der Waals surface area contributed by atoms with Crippen LogP contribution >= 0.6 is 24.0 Å². The Hall–Kier alpha value is -0.0800. The zero-order chi connectivity index (χ0) is 14.0. The van der Waals surface area contributed by atoms with Crippen LogP contribution in [0.5, 0.6) is 0 Å². The van der Waals surface area contributed by atoms with E-state index >= 15 is 0 Å². The molecule has 0 amide bonds. The van der Waals surface area contributed by atoms with Crippen molar-refractivity contribution in [3.63, 3.8) is 0 Å². The smallest absolute Gasteiger partial charge is 0.191 e. The van der Waals surface area contributed by atoms with E-state index in [9.17, 15) is 0 Å². The van der Waals surface area contributed by atoms with Crippen LogP contribution in [0.25, 0.3) is 0 Å². The molecule has 0 aliphatic carbocycles. The van der Waals surface area contributed by atoms with Gasteiger partial charge in [0.2, 0.25) is 0 Å². The van der Waals surface area contributed by atoms with Crippen molar-refractivity contribution in [2.75, 3.05) is 40.0 Å². The lowest BCUT2D eigenvalue weighted by atomic mass is 9.94. The summed E-state index contributed by atoms with van der Waals surface area (Å²) in [5, 5.41) is 6.63. The zero-order valence-corrected chi connectivity index (χ0v) is 15.4. The van der Waals surface area contributed by atoms with Crippen molar-refractivity contribution in [2.24, 2.45) is 4.99 Å². The molecule has 6 heteroatoms. The van der Waals surface area contributed by atoms with Crippen molar-refractivity contribution in [1.29, 1.82) is 0 Å². The second kappa shape index (κ2) is 11.6. The lowest BCUT2D eigenvalue weighted by Crippen LogP contribution is -2.44. The second-order valence-corrected chi connectivity index (χ2v) is 4.98. The van der Waals surface area contributed by atoms with Gasteiger partial charge < -0.3 is 20.1 Å². The highest BCUT2D eigenvalue weighted by molar-refractivity contribution is 14.0. The average Bonchev–Trinajstić information content (AvgIpc) is 2.46. The summed E-state index contributed by atoms with van der Waals surface area (Å²) >= 11 is 0. The van der Waals surface area contributed by atoms with E-state index in [-0.39, 0.29) is 29.6 Å². The summed E-state index contributed by atoms with van der Waals surface area (Å²) in [5.41, 5.74) is -0.147. The van der Waals surface area contributed by atoms with Crippen molar-refractivity contribution in [2.45, 2.75) is 45.1 Å². The number of unbranched alkanes of at least 4 members (excludes halogenated alkanes) is 1. The van der Waals surface area contributed by atoms with E-state index in [1.165, 1.54) is 6.42 Å². The minimum absolute atomic E-state index is 0. The van der Waals surface area contributed by atoms with Crippen LogP contribution in [-0.2, 0) is 9.47 Å². The Morgan fingerprint density at radius 2 is 1.95 bits per heavy atom. The minimum atomic E-state index is -0.147. The second-order valence-electron chi connectivity index (χ2n) is 4.98. The Kier molecular flexibility index (Phi) is 11.5. The number of guanidine groups is 1. The van der Waals surface area contributed by atoms with Crippen molar-refractivity contribution in [3.05, 3.63) is 0 Å². The number of hydrogen-bond acceptors (Lipinski definition) is 3. The molecule has 0 aromatic heterocycles. The number of methoxy groups -OCH3 is 1. The van der Waals surface area contributed by atoms with Crippen LogP contribution < -0.4 is 10.6 Å². The first-order valence-electron chi connectivity index (χ1n) is 7.41. The Bertz CT molecular complexity index is 269. The maximum absolute atomic E-state index is 5.69. The first kappa shape index (κ1) is 19.9. The van der Waals surface area contributed by atoms with Crippen LogP contribution in [0.4, 0.5) is 0 Å². The topological polar surface area (TPSA) is 54.9 Å². The molecule has 5 nitrogen and oxygen atoms in total. The Labute approximate surface area is 140 Å². The Morgan fingerprint density at radius 1 is 1.25 bits per heavy atom. The molecular weight excluding hydrogens is 369 g/mol. The minimum Gasteiger partial charge on any atom is -0.381 e. The highest BCUT2D eigenvalue weighted by Gasteiger charge is 2.32. The fourth-order valence-electron chi connectivity index (χ4n) is 2.12. The summed E-state index contributed by atoms with van der Waals surface area (Å²) in [5.74, 6) is 0.888. The molecule has 1 saturated heterocycles. The predicted molar refractivity (Wildman–Crippen MR) is 94.1 cm³/mol. The molecule has 1 heterocycles. The van der Waals surface area contributed by atoms with Crippen LogP contribution in [0.1, 0.15) is 39.5 Å². The summed E-state index contributed by atoms with van der Waals surface area (Å²) < 4.78 is 11.1. The molecule has 0 unspecified atom stereocenters. The molecule has 20 heavy (non-hydrogen) atoms. The molecule has 120 valence electrons. The quantitative estimate of drug-likeness (QED) is 0.298. The molecule has 1 rings (SSSR count). The van der Waals surface area contributed by atoms with Crippen molar-refractivity contribution < 1.29 is 9.47 Å². The summed E-state index contributed by atoms with van der Waals surface area (Å²) in [6.07, 6.45) is 4.18. The third-order valence-corrected chi connectivity index (χ3v) is 3.53. The molecule has 0 aromatic rings. The van der Waals surface area contributed by atoms with Gasteiger partial charge in [0.05, 0.1) is 12.1 Å². The molecule has 0 radical (unpaired) electrons. The SMILES string of the molecule is CCCCNC(=NCC1(OC)CCOCC1)NCC.I. The van der Waals surface area contributed by atoms with E-state index < -0.39 is 0 Å². The highest BCUT2D eigenvalue weighted by atomic mass is 127. The number of nitrogens with one attached hydrogen (secondary N) is 2. The van der Waals surface area contributed by atoms with Gasteiger partial charge in [0, 0.05) is 46.3 Å². The molecule has 0 aromatic carbocycles. The third kappa shape index (κ3) is 7.08. The molecule has 1 fully saturated rings. The maximum atomic E-state index is 5.69. The van der Waals surface area contributed by atoms with Crippen LogP contribution in [0, 0.1) is 0 Å². The molecule has 1 aliphatic heterocycles. The number of ether oxygens (including phenoxy) is 2. The lowest BCUT2D eigenvalue weighted by molar-refractivity contribution is -0.0828. The number of halogens is 1. The first-order valence-corrected chi connectivity index (χ1v) is 7.41. The van der Waals surface area contributed by atoms with Gasteiger partial charge in [-0.2, -0.15) is 0 Å². The van der Waals surface area contributed by atoms with Gasteiger partial charge >= 0.3 is 0 Å². The normalized spacial score (nSPS) is 18.2. The highest BCUT2D eigenvalue weighted by Crippen LogP contribution is 2.24. The summed E-state index contributed by atoms with van der Waals surface area (Å²) in [7, 11) is 1.78. The lowest BCUT2D eigenvalue weighted by Gasteiger charge is -2.34. The molecule has 0 atom stereocenters. The predicted octanol–water partition coefficient (Wildman–Crippen LogP) is 2.16. The maximum Gasteiger partial charge on any atom is 0.191 e. The number of aliphatic imine (C=N–C) groups is 1. The van der Waals surface area contributed by atoms with Gasteiger partial charge in [0.25, 0.3) is 0 Å². The molecular formula is C14H30IN3O2. The summed E-state index contributed by atoms with van der Waals surface area (Å²) in [4.78, 5) is 4.67. The van der Waals surface area contributed by atoms with Gasteiger partial charge in [0.1, 0.15) is 0 Å². The monoisotopic (exact) mass is 399 g/mol. The number of rotatable bonds is 7. The Balaban J connectivity index is 0.00000361. The van der Waals surface area contributed by atoms with Gasteiger partial charge in [0.15, 0.2) is 5.96 Å². The van der Waals surface area contributed by atoms with Gasteiger partial charge in [-0.25, -0.2) is 0 Å². The van der Waals surface area contributed by atoms with E-state index in [4.69, 9.17) is 9.47 Å². The summed E-state index contributed by atoms with van der Waals surface area (Å²) in [6, 6.07) is 0. The standard InChI is InChI=1S/C14H29N3O2.HI/c1-4-6-9-16-13(15-5-2)17-12-14(18-3)7-10-19-11-8-14;/h4-12H2,1-3H3,(H2,15,16,17);1H. The van der Waals surface area contributed by atoms with Crippen molar-refractivity contribution in [3.8, 4) is 0 Å². The van der Waals surface area contributed by atoms with Gasteiger partial charge in [-0.05, 0) is 13.3 Å². The third-order valence-electron chi connectivity index (χ3n) is 3.53. The summed E-state index contributed by atoms with van der Waals surface area (Å²) in [6.45, 7) is 8.33. The van der Waals surface area contributed by atoms with Crippen molar-refractivity contribution >= 4 is 29.9 Å². The molecule has 2 N–H and O–H groups in total. The molecule has 1 aliphatic rings. The molecule has 0 bridgehead atoms. The fourth-order valence-corrected chi connectivity index (χ4v) is 2.12. The molecule has 0 saturated carbocycles. The first-order chi connectivity index (χ1) is 9.26. The van der Waals surface area contributed by atoms with Crippen molar-refractivity contribution in [1.82, 2.24) is 10.6 Å². The number of hydrogen-bond donors (Lipinski definition) is 2. The molecule has 0 spiro atoms. The Morgan fingerprint density at radius 3 is 2.50 bits per heavy atom. The van der Waals surface area contributed by atoms with Gasteiger partial charge in [-0.1, -0.05) is 13.3 Å². The fraction of sp³-hybridized carbons (Fsp3) is 0.929. The van der Waals surface area contributed by atoms with E-state index in [2.05, 4.69) is 29.5 Å². The van der Waals surface area contributed by atoms with Crippen LogP contribution in [0.3, 0.4) is 0 Å². The number of nitrogens with zero attached hydrogens (tertiary/aromatic N) is 1. The van der Waals surface area contributed by atoms with Gasteiger partial charge in [-0.3, -0.25) is 4.99 Å². The van der Waals surface area contributed by atoms with E-state index in [0.717, 1.165) is 51.5 Å². The zero-order valence-electron chi connectivity index (χ0n) is 13.0. The van der Waals surface area contributed by atoms with E-state index in [1.54, 1.807) is 7.11 Å². The van der Waals surface area contributed by atoms with E-state index in [1.807, 2.05) is 0 Å². The van der Waals surface area contributed by atoms with E-state index in [0.29, 0.717) is 6.54 Å². The largest absolute Gasteiger partial charge is 0.381 e. The van der Waals surface area contributed by atoms with Crippen LogP contribution in [0.2, 0.25) is 0 Å². The van der Waals surface area contributed by atoms with Gasteiger partial charge in [-0.15, -0.1) is 24.0 Å². The van der Waals surface area contributed by atoms with Crippen LogP contribution in [-0.4, -0.2) is 51.5 Å². The van der Waals surface area contributed by atoms with Crippen LogP contribution in [0.15, 0.2) is 4.99 Å². The average molecular weight is 399 g/mol.